The number of alkyl carbamates (subject to hydrolysis) is 2. The second kappa shape index (κ2) is 24.6. The van der Waals surface area contributed by atoms with E-state index in [4.69, 9.17) is 9.47 Å². The summed E-state index contributed by atoms with van der Waals surface area (Å²) in [4.78, 5) is 51.2. The van der Waals surface area contributed by atoms with E-state index in [0.717, 1.165) is 73.6 Å². The molecule has 0 heterocycles. The van der Waals surface area contributed by atoms with Gasteiger partial charge in [0.15, 0.2) is 0 Å². The van der Waals surface area contributed by atoms with E-state index in [9.17, 15) is 19.2 Å². The van der Waals surface area contributed by atoms with Gasteiger partial charge in [-0.15, -0.1) is 0 Å². The molecular weight excluding hydrogens is 681 g/mol. The largest absolute Gasteiger partial charge is 0.445 e. The van der Waals surface area contributed by atoms with Crippen LogP contribution in [0.1, 0.15) is 73.6 Å². The van der Waals surface area contributed by atoms with Crippen molar-refractivity contribution in [3.05, 3.63) is 144 Å². The predicted octanol–water partition coefficient (Wildman–Crippen LogP) is 7.42. The van der Waals surface area contributed by atoms with Gasteiger partial charge < -0.3 is 30.7 Å². The van der Waals surface area contributed by atoms with Gasteiger partial charge in [-0.25, -0.2) is 9.59 Å². The number of nitrogens with one attached hydrogen (secondary N) is 4. The van der Waals surface area contributed by atoms with Crippen molar-refractivity contribution in [2.45, 2.75) is 89.5 Å². The van der Waals surface area contributed by atoms with Crippen LogP contribution in [0.25, 0.3) is 0 Å². The quantitative estimate of drug-likeness (QED) is 0.0587. The minimum absolute atomic E-state index is 0.131. The highest BCUT2D eigenvalue weighted by Crippen LogP contribution is 2.10. The van der Waals surface area contributed by atoms with Crippen LogP contribution in [0.5, 0.6) is 0 Å². The van der Waals surface area contributed by atoms with Gasteiger partial charge in [-0.1, -0.05) is 160 Å². The van der Waals surface area contributed by atoms with E-state index in [-0.39, 0.29) is 25.0 Å². The molecule has 0 spiro atoms. The van der Waals surface area contributed by atoms with Gasteiger partial charge in [-0.05, 0) is 35.1 Å². The van der Waals surface area contributed by atoms with Crippen molar-refractivity contribution in [2.75, 3.05) is 13.1 Å². The van der Waals surface area contributed by atoms with E-state index in [0.29, 0.717) is 25.9 Å². The van der Waals surface area contributed by atoms with E-state index in [2.05, 4.69) is 21.3 Å². The molecule has 0 radical (unpaired) electrons. The number of amides is 4. The Morgan fingerprint density at radius 3 is 1.04 bits per heavy atom. The van der Waals surface area contributed by atoms with Crippen LogP contribution in [0, 0.1) is 0 Å². The van der Waals surface area contributed by atoms with Crippen LogP contribution < -0.4 is 21.3 Å². The molecule has 0 unspecified atom stereocenters. The number of hydrogen-bond acceptors (Lipinski definition) is 6. The standard InChI is InChI=1S/C44H54N4O6/c49-41(39(31-35-21-11-7-12-22-35)47-43(51)53-33-37-25-15-9-16-26-37)45-29-19-5-3-1-2-4-6-20-30-46-42(50)40(32-36-23-13-8-14-24-36)48-44(52)54-34-38-27-17-10-18-28-38/h7-18,21-28,39-40H,1-6,19-20,29-34H2,(H,45,49)(H,46,50)(H,47,51)(H,48,52)/t39-,40-/m1/s1. The average molecular weight is 735 g/mol. The van der Waals surface area contributed by atoms with Crippen LogP contribution in [-0.4, -0.2) is 49.2 Å². The smallest absolute Gasteiger partial charge is 0.408 e. The lowest BCUT2D eigenvalue weighted by Crippen LogP contribution is -2.48. The molecule has 286 valence electrons. The summed E-state index contributed by atoms with van der Waals surface area (Å²) in [6, 6.07) is 36.6. The number of hydrogen-bond donors (Lipinski definition) is 4. The fourth-order valence-electron chi connectivity index (χ4n) is 5.91. The molecule has 0 aromatic heterocycles. The SMILES string of the molecule is O=C(N[C@H](Cc1ccccc1)C(=O)NCCCCCCCCCCNC(=O)[C@@H](Cc1ccccc1)NC(=O)OCc1ccccc1)OCc1ccccc1. The second-order valence-corrected chi connectivity index (χ2v) is 13.3. The summed E-state index contributed by atoms with van der Waals surface area (Å²) in [5.41, 5.74) is 3.64. The van der Waals surface area contributed by atoms with Crippen LogP contribution in [0.3, 0.4) is 0 Å². The molecule has 4 aromatic carbocycles. The van der Waals surface area contributed by atoms with E-state index in [1.807, 2.05) is 121 Å². The zero-order valence-corrected chi connectivity index (χ0v) is 31.1. The number of ether oxygens (including phenoxy) is 2. The first kappa shape index (κ1) is 41.1. The Morgan fingerprint density at radius 2 is 0.704 bits per heavy atom. The van der Waals surface area contributed by atoms with Crippen LogP contribution in [-0.2, 0) is 45.1 Å². The highest BCUT2D eigenvalue weighted by atomic mass is 16.6. The number of benzene rings is 4. The van der Waals surface area contributed by atoms with Gasteiger partial charge in [0.2, 0.25) is 11.8 Å². The Labute approximate surface area is 319 Å². The molecule has 54 heavy (non-hydrogen) atoms. The Morgan fingerprint density at radius 1 is 0.407 bits per heavy atom. The zero-order valence-electron chi connectivity index (χ0n) is 31.1. The van der Waals surface area contributed by atoms with Crippen molar-refractivity contribution >= 4 is 24.0 Å². The lowest BCUT2D eigenvalue weighted by Gasteiger charge is -2.19. The summed E-state index contributed by atoms with van der Waals surface area (Å²) in [6.45, 7) is 1.34. The Kier molecular flexibility index (Phi) is 18.7. The third-order valence-electron chi connectivity index (χ3n) is 8.91. The van der Waals surface area contributed by atoms with Gasteiger partial charge in [0.25, 0.3) is 0 Å². The van der Waals surface area contributed by atoms with Gasteiger partial charge >= 0.3 is 12.2 Å². The first-order valence-electron chi connectivity index (χ1n) is 19.0. The van der Waals surface area contributed by atoms with Gasteiger partial charge in [0, 0.05) is 25.9 Å². The maximum atomic E-state index is 13.1. The average Bonchev–Trinajstić information content (AvgIpc) is 3.20. The fraction of sp³-hybridized carbons (Fsp3) is 0.364. The summed E-state index contributed by atoms with van der Waals surface area (Å²) in [5, 5.41) is 11.5. The van der Waals surface area contributed by atoms with E-state index in [1.54, 1.807) is 0 Å². The Balaban J connectivity index is 1.06. The highest BCUT2D eigenvalue weighted by molar-refractivity contribution is 5.86. The topological polar surface area (TPSA) is 135 Å². The molecule has 0 saturated heterocycles. The first-order valence-corrected chi connectivity index (χ1v) is 19.0. The fourth-order valence-corrected chi connectivity index (χ4v) is 5.91. The van der Waals surface area contributed by atoms with Crippen molar-refractivity contribution in [1.82, 2.24) is 21.3 Å². The number of carbonyl (C=O) groups is 4. The van der Waals surface area contributed by atoms with Crippen LogP contribution >= 0.6 is 0 Å². The molecule has 10 nitrogen and oxygen atoms in total. The van der Waals surface area contributed by atoms with Crippen LogP contribution in [0.4, 0.5) is 9.59 Å². The highest BCUT2D eigenvalue weighted by Gasteiger charge is 2.23. The minimum atomic E-state index is -0.743. The summed E-state index contributed by atoms with van der Waals surface area (Å²) in [6.07, 6.45) is 7.51. The zero-order chi connectivity index (χ0) is 38.1. The van der Waals surface area contributed by atoms with Crippen molar-refractivity contribution < 1.29 is 28.7 Å². The maximum Gasteiger partial charge on any atom is 0.408 e. The van der Waals surface area contributed by atoms with Gasteiger partial charge in [0.05, 0.1) is 0 Å². The Bertz CT molecular complexity index is 1530. The monoisotopic (exact) mass is 734 g/mol. The molecule has 0 bridgehead atoms. The molecule has 0 fully saturated rings. The molecule has 0 aliphatic heterocycles. The van der Waals surface area contributed by atoms with Crippen molar-refractivity contribution in [2.24, 2.45) is 0 Å². The third kappa shape index (κ3) is 16.8. The third-order valence-corrected chi connectivity index (χ3v) is 8.91. The molecule has 4 amide bonds. The molecule has 4 rings (SSSR count). The van der Waals surface area contributed by atoms with Crippen molar-refractivity contribution in [3.63, 3.8) is 0 Å². The molecule has 0 aliphatic rings. The van der Waals surface area contributed by atoms with Gasteiger partial charge in [-0.2, -0.15) is 0 Å². The molecule has 4 N–H and O–H groups in total. The predicted molar refractivity (Wildman–Crippen MR) is 210 cm³/mol. The maximum absolute atomic E-state index is 13.1. The normalized spacial score (nSPS) is 11.8. The lowest BCUT2D eigenvalue weighted by atomic mass is 10.0. The molecule has 10 heteroatoms. The lowest BCUT2D eigenvalue weighted by molar-refractivity contribution is -0.123. The van der Waals surface area contributed by atoms with Gasteiger partial charge in [-0.3, -0.25) is 9.59 Å². The molecule has 2 atom stereocenters. The molecular formula is C44H54N4O6. The van der Waals surface area contributed by atoms with Crippen molar-refractivity contribution in [3.8, 4) is 0 Å². The summed E-state index contributed by atoms with van der Waals surface area (Å²) in [7, 11) is 0. The minimum Gasteiger partial charge on any atom is -0.445 e. The summed E-state index contributed by atoms with van der Waals surface area (Å²) >= 11 is 0. The molecule has 4 aromatic rings. The van der Waals surface area contributed by atoms with E-state index in [1.165, 1.54) is 0 Å². The number of carbonyl (C=O) groups excluding carboxylic acids is 4. The van der Waals surface area contributed by atoms with E-state index >= 15 is 0 Å². The Hall–Kier alpha value is -5.64. The summed E-state index contributed by atoms with van der Waals surface area (Å²) < 4.78 is 10.7. The van der Waals surface area contributed by atoms with E-state index < -0.39 is 24.3 Å². The first-order chi connectivity index (χ1) is 26.5. The van der Waals surface area contributed by atoms with Gasteiger partial charge in [0.1, 0.15) is 25.3 Å². The molecule has 0 saturated carbocycles. The van der Waals surface area contributed by atoms with Crippen LogP contribution in [0.2, 0.25) is 0 Å². The second-order valence-electron chi connectivity index (χ2n) is 13.3. The summed E-state index contributed by atoms with van der Waals surface area (Å²) in [5.74, 6) is -0.458. The number of unbranched alkanes of at least 4 members (excludes halogenated alkanes) is 7. The number of rotatable bonds is 23. The van der Waals surface area contributed by atoms with Crippen LogP contribution in [0.15, 0.2) is 121 Å². The van der Waals surface area contributed by atoms with Crippen molar-refractivity contribution in [1.29, 1.82) is 0 Å². The molecule has 0 aliphatic carbocycles.